The first kappa shape index (κ1) is 14.5. The van der Waals surface area contributed by atoms with Gasteiger partial charge in [0.25, 0.3) is 5.91 Å². The van der Waals surface area contributed by atoms with E-state index in [1.54, 1.807) is 17.0 Å². The molecule has 1 aliphatic rings. The fraction of sp³-hybridized carbons (Fsp3) is 0.467. The van der Waals surface area contributed by atoms with Gasteiger partial charge in [-0.15, -0.1) is 0 Å². The predicted octanol–water partition coefficient (Wildman–Crippen LogP) is 0.920. The van der Waals surface area contributed by atoms with Gasteiger partial charge in [-0.05, 0) is 30.5 Å². The molecule has 1 aromatic rings. The molecule has 1 fully saturated rings. The Morgan fingerprint density at radius 2 is 1.95 bits per heavy atom. The molecule has 1 aromatic carbocycles. The van der Waals surface area contributed by atoms with Gasteiger partial charge in [0.05, 0.1) is 6.61 Å². The lowest BCUT2D eigenvalue weighted by Crippen LogP contribution is -2.35. The molecule has 0 saturated heterocycles. The molecule has 0 radical (unpaired) electrons. The molecule has 0 bridgehead atoms. The van der Waals surface area contributed by atoms with Crippen LogP contribution >= 0.6 is 0 Å². The average Bonchev–Trinajstić information content (AvgIpc) is 3.27. The molecule has 1 aliphatic carbocycles. The number of aliphatic hydroxyl groups is 1. The molecule has 2 amide bonds. The molecule has 0 spiro atoms. The highest BCUT2D eigenvalue weighted by molar-refractivity contribution is 5.94. The minimum absolute atomic E-state index is 0.0111. The number of hydrogen-bond donors (Lipinski definition) is 2. The maximum atomic E-state index is 12.3. The van der Waals surface area contributed by atoms with Gasteiger partial charge in [-0.2, -0.15) is 0 Å². The molecule has 0 aliphatic heterocycles. The van der Waals surface area contributed by atoms with Crippen molar-refractivity contribution in [1.29, 1.82) is 0 Å². The van der Waals surface area contributed by atoms with Crippen LogP contribution in [0, 0.1) is 0 Å². The third-order valence-corrected chi connectivity index (χ3v) is 3.33. The van der Waals surface area contributed by atoms with Crippen LogP contribution in [0.1, 0.15) is 35.7 Å². The molecular weight excluding hydrogens is 256 g/mol. The second kappa shape index (κ2) is 6.52. The molecule has 0 heterocycles. The Morgan fingerprint density at radius 3 is 2.45 bits per heavy atom. The maximum absolute atomic E-state index is 12.3. The smallest absolute Gasteiger partial charge is 0.254 e. The first-order valence-corrected chi connectivity index (χ1v) is 6.87. The Labute approximate surface area is 118 Å². The number of carbonyl (C=O) groups excluding carboxylic acids is 2. The Kier molecular flexibility index (Phi) is 4.74. The molecule has 20 heavy (non-hydrogen) atoms. The zero-order chi connectivity index (χ0) is 14.5. The van der Waals surface area contributed by atoms with Crippen molar-refractivity contribution in [1.82, 2.24) is 10.2 Å². The van der Waals surface area contributed by atoms with Crippen LogP contribution in [0.25, 0.3) is 0 Å². The number of benzene rings is 1. The van der Waals surface area contributed by atoms with Gasteiger partial charge in [-0.3, -0.25) is 9.59 Å². The fourth-order valence-corrected chi connectivity index (χ4v) is 2.10. The number of nitrogens with one attached hydrogen (secondary N) is 1. The van der Waals surface area contributed by atoms with Crippen LogP contribution in [-0.2, 0) is 11.3 Å². The maximum Gasteiger partial charge on any atom is 0.254 e. The van der Waals surface area contributed by atoms with Gasteiger partial charge in [-0.1, -0.05) is 12.1 Å². The molecule has 0 atom stereocenters. The Balaban J connectivity index is 2.00. The summed E-state index contributed by atoms with van der Waals surface area (Å²) in [7, 11) is 0. The van der Waals surface area contributed by atoms with Crippen molar-refractivity contribution >= 4 is 11.8 Å². The minimum atomic E-state index is -0.0759. The number of hydrogen-bond acceptors (Lipinski definition) is 3. The predicted molar refractivity (Wildman–Crippen MR) is 75.1 cm³/mol. The van der Waals surface area contributed by atoms with Crippen molar-refractivity contribution in [3.8, 4) is 0 Å². The van der Waals surface area contributed by atoms with E-state index >= 15 is 0 Å². The van der Waals surface area contributed by atoms with E-state index in [0.717, 1.165) is 18.4 Å². The summed E-state index contributed by atoms with van der Waals surface area (Å²) < 4.78 is 0. The zero-order valence-electron chi connectivity index (χ0n) is 11.6. The van der Waals surface area contributed by atoms with E-state index < -0.39 is 0 Å². The van der Waals surface area contributed by atoms with Gasteiger partial charge >= 0.3 is 0 Å². The van der Waals surface area contributed by atoms with Crippen LogP contribution in [0.2, 0.25) is 0 Å². The lowest BCUT2D eigenvalue weighted by atomic mass is 10.1. The van der Waals surface area contributed by atoms with Gasteiger partial charge in [0.15, 0.2) is 0 Å². The van der Waals surface area contributed by atoms with Crippen molar-refractivity contribution in [3.05, 3.63) is 35.4 Å². The molecule has 1 saturated carbocycles. The molecule has 0 aromatic heterocycles. The highest BCUT2D eigenvalue weighted by atomic mass is 16.3. The molecule has 0 unspecified atom stereocenters. The van der Waals surface area contributed by atoms with Crippen LogP contribution < -0.4 is 5.32 Å². The monoisotopic (exact) mass is 276 g/mol. The molecule has 5 nitrogen and oxygen atoms in total. The van der Waals surface area contributed by atoms with Crippen LogP contribution in [0.4, 0.5) is 0 Å². The van der Waals surface area contributed by atoms with Gasteiger partial charge in [0, 0.05) is 31.6 Å². The minimum Gasteiger partial charge on any atom is -0.395 e. The molecule has 2 N–H and O–H groups in total. The summed E-state index contributed by atoms with van der Waals surface area (Å²) in [5, 5.41) is 11.8. The van der Waals surface area contributed by atoms with E-state index in [0.29, 0.717) is 18.7 Å². The van der Waals surface area contributed by atoms with Crippen molar-refractivity contribution in [2.75, 3.05) is 13.2 Å². The summed E-state index contributed by atoms with van der Waals surface area (Å²) in [6.07, 6.45) is 2.04. The highest BCUT2D eigenvalue weighted by Gasteiger charge is 2.32. The van der Waals surface area contributed by atoms with E-state index in [4.69, 9.17) is 5.11 Å². The lowest BCUT2D eigenvalue weighted by molar-refractivity contribution is -0.119. The lowest BCUT2D eigenvalue weighted by Gasteiger charge is -2.21. The summed E-state index contributed by atoms with van der Waals surface area (Å²) >= 11 is 0. The number of aliphatic hydroxyl groups excluding tert-OH is 1. The summed E-state index contributed by atoms with van der Waals surface area (Å²) in [5.74, 6) is -0.111. The normalized spacial score (nSPS) is 13.9. The molecule has 2 rings (SSSR count). The van der Waals surface area contributed by atoms with E-state index in [2.05, 4.69) is 5.32 Å². The van der Waals surface area contributed by atoms with Gasteiger partial charge in [0.1, 0.15) is 0 Å². The largest absolute Gasteiger partial charge is 0.395 e. The second-order valence-electron chi connectivity index (χ2n) is 5.06. The van der Waals surface area contributed by atoms with Crippen molar-refractivity contribution in [2.24, 2.45) is 0 Å². The van der Waals surface area contributed by atoms with E-state index in [1.165, 1.54) is 6.92 Å². The summed E-state index contributed by atoms with van der Waals surface area (Å²) in [6.45, 7) is 2.31. The topological polar surface area (TPSA) is 69.6 Å². The number of amides is 2. The summed E-state index contributed by atoms with van der Waals surface area (Å²) in [4.78, 5) is 24.9. The molecule has 5 heteroatoms. The molecular formula is C15H20N2O3. The highest BCUT2D eigenvalue weighted by Crippen LogP contribution is 2.27. The van der Waals surface area contributed by atoms with Crippen molar-refractivity contribution in [2.45, 2.75) is 32.4 Å². The third-order valence-electron chi connectivity index (χ3n) is 3.33. The second-order valence-corrected chi connectivity index (χ2v) is 5.06. The SMILES string of the molecule is CC(=O)NCc1ccc(C(=O)N(CCO)C2CC2)cc1. The Morgan fingerprint density at radius 1 is 1.30 bits per heavy atom. The third kappa shape index (κ3) is 3.81. The fourth-order valence-electron chi connectivity index (χ4n) is 2.10. The zero-order valence-corrected chi connectivity index (χ0v) is 11.6. The van der Waals surface area contributed by atoms with E-state index in [1.807, 2.05) is 12.1 Å². The number of rotatable bonds is 6. The summed E-state index contributed by atoms with van der Waals surface area (Å²) in [5.41, 5.74) is 1.58. The van der Waals surface area contributed by atoms with E-state index in [-0.39, 0.29) is 24.5 Å². The van der Waals surface area contributed by atoms with Crippen LogP contribution in [0.15, 0.2) is 24.3 Å². The van der Waals surface area contributed by atoms with Gasteiger partial charge in [0.2, 0.25) is 5.91 Å². The number of nitrogens with zero attached hydrogens (tertiary/aromatic N) is 1. The standard InChI is InChI=1S/C15H20N2O3/c1-11(19)16-10-12-2-4-13(5-3-12)15(20)17(8-9-18)14-6-7-14/h2-5,14,18H,6-10H2,1H3,(H,16,19). The van der Waals surface area contributed by atoms with Crippen LogP contribution in [0.5, 0.6) is 0 Å². The Bertz CT molecular complexity index is 480. The van der Waals surface area contributed by atoms with Crippen LogP contribution in [-0.4, -0.2) is 41.0 Å². The van der Waals surface area contributed by atoms with Crippen molar-refractivity contribution < 1.29 is 14.7 Å². The van der Waals surface area contributed by atoms with Gasteiger partial charge in [-0.25, -0.2) is 0 Å². The number of carbonyl (C=O) groups is 2. The van der Waals surface area contributed by atoms with E-state index in [9.17, 15) is 9.59 Å². The van der Waals surface area contributed by atoms with Gasteiger partial charge < -0.3 is 15.3 Å². The average molecular weight is 276 g/mol. The Hall–Kier alpha value is -1.88. The summed E-state index contributed by atoms with van der Waals surface area (Å²) in [6, 6.07) is 7.51. The first-order chi connectivity index (χ1) is 9.61. The van der Waals surface area contributed by atoms with Crippen molar-refractivity contribution in [3.63, 3.8) is 0 Å². The first-order valence-electron chi connectivity index (χ1n) is 6.87. The van der Waals surface area contributed by atoms with Crippen LogP contribution in [0.3, 0.4) is 0 Å². The quantitative estimate of drug-likeness (QED) is 0.811. The molecule has 108 valence electrons.